The van der Waals surface area contributed by atoms with E-state index in [0.717, 1.165) is 18.3 Å². The zero-order chi connectivity index (χ0) is 6.77. The maximum Gasteiger partial charge on any atom is 0.0706 e. The summed E-state index contributed by atoms with van der Waals surface area (Å²) in [6, 6.07) is 0. The van der Waals surface area contributed by atoms with E-state index in [1.807, 2.05) is 0 Å². The average molecular weight is 138 g/mol. The van der Waals surface area contributed by atoms with Gasteiger partial charge in [0.1, 0.15) is 0 Å². The van der Waals surface area contributed by atoms with E-state index in [1.165, 1.54) is 25.7 Å². The van der Waals surface area contributed by atoms with Gasteiger partial charge in [0.15, 0.2) is 0 Å². The Morgan fingerprint density at radius 3 is 2.40 bits per heavy atom. The van der Waals surface area contributed by atoms with Crippen molar-refractivity contribution in [3.63, 3.8) is 0 Å². The third-order valence-electron chi connectivity index (χ3n) is 3.76. The Hall–Kier alpha value is -0.0400. The second-order valence-electron chi connectivity index (χ2n) is 4.41. The fraction of sp³-hybridized carbons (Fsp3) is 1.00. The molecule has 1 heteroatoms. The highest BCUT2D eigenvalue weighted by Crippen LogP contribution is 2.64. The number of aliphatic hydroxyl groups is 1. The summed E-state index contributed by atoms with van der Waals surface area (Å²) in [7, 11) is 0. The van der Waals surface area contributed by atoms with Crippen molar-refractivity contribution in [1.82, 2.24) is 0 Å². The van der Waals surface area contributed by atoms with Crippen molar-refractivity contribution in [3.8, 4) is 0 Å². The second kappa shape index (κ2) is 1.42. The molecular weight excluding hydrogens is 124 g/mol. The van der Waals surface area contributed by atoms with Crippen LogP contribution in [0.2, 0.25) is 0 Å². The molecule has 0 spiro atoms. The molecule has 0 aromatic rings. The van der Waals surface area contributed by atoms with Crippen molar-refractivity contribution >= 4 is 0 Å². The molecule has 3 aliphatic rings. The van der Waals surface area contributed by atoms with Crippen LogP contribution in [0.25, 0.3) is 0 Å². The van der Waals surface area contributed by atoms with Crippen LogP contribution in [0.15, 0.2) is 0 Å². The van der Waals surface area contributed by atoms with Crippen molar-refractivity contribution in [2.75, 3.05) is 0 Å². The Bertz CT molecular complexity index is 174. The lowest BCUT2D eigenvalue weighted by molar-refractivity contribution is 0.00258. The Kier molecular flexibility index (Phi) is 0.797. The number of hydrogen-bond donors (Lipinski definition) is 1. The topological polar surface area (TPSA) is 20.2 Å². The maximum atomic E-state index is 10.1. The van der Waals surface area contributed by atoms with Gasteiger partial charge < -0.3 is 5.11 Å². The van der Waals surface area contributed by atoms with Crippen LogP contribution in [0.5, 0.6) is 0 Å². The van der Waals surface area contributed by atoms with Crippen molar-refractivity contribution in [1.29, 1.82) is 0 Å². The largest absolute Gasteiger partial charge is 0.389 e. The Balaban J connectivity index is 1.87. The minimum atomic E-state index is -0.162. The van der Waals surface area contributed by atoms with Crippen molar-refractivity contribution in [2.24, 2.45) is 17.8 Å². The molecule has 10 heavy (non-hydrogen) atoms. The zero-order valence-electron chi connectivity index (χ0n) is 6.21. The van der Waals surface area contributed by atoms with Crippen LogP contribution in [0, 0.1) is 17.8 Å². The Labute approximate surface area is 61.4 Å². The van der Waals surface area contributed by atoms with E-state index in [2.05, 4.69) is 0 Å². The molecule has 0 amide bonds. The summed E-state index contributed by atoms with van der Waals surface area (Å²) in [5, 5.41) is 10.1. The quantitative estimate of drug-likeness (QED) is 0.583. The molecule has 3 saturated carbocycles. The van der Waals surface area contributed by atoms with E-state index >= 15 is 0 Å². The first kappa shape index (κ1) is 5.59. The van der Waals surface area contributed by atoms with Crippen LogP contribution in [0.4, 0.5) is 0 Å². The Morgan fingerprint density at radius 1 is 1.20 bits per heavy atom. The van der Waals surface area contributed by atoms with Gasteiger partial charge in [-0.05, 0) is 49.9 Å². The highest BCUT2D eigenvalue weighted by atomic mass is 16.3. The molecule has 0 saturated heterocycles. The van der Waals surface area contributed by atoms with Crippen LogP contribution < -0.4 is 0 Å². The summed E-state index contributed by atoms with van der Waals surface area (Å²) in [4.78, 5) is 0. The fourth-order valence-corrected chi connectivity index (χ4v) is 2.87. The number of fused-ring (bicyclic) bond motifs is 1. The zero-order valence-corrected chi connectivity index (χ0v) is 6.21. The van der Waals surface area contributed by atoms with Gasteiger partial charge in [0.2, 0.25) is 0 Å². The molecule has 0 aliphatic heterocycles. The number of hydrogen-bond acceptors (Lipinski definition) is 1. The van der Waals surface area contributed by atoms with Gasteiger partial charge in [-0.1, -0.05) is 0 Å². The first-order chi connectivity index (χ1) is 4.81. The van der Waals surface area contributed by atoms with Gasteiger partial charge in [-0.15, -0.1) is 0 Å². The summed E-state index contributed by atoms with van der Waals surface area (Å²) in [6.45, 7) is 0. The molecular formula is C9H14O. The molecule has 0 aromatic carbocycles. The van der Waals surface area contributed by atoms with Gasteiger partial charge in [0, 0.05) is 0 Å². The summed E-state index contributed by atoms with van der Waals surface area (Å²) in [5.74, 6) is 2.38. The predicted molar refractivity (Wildman–Crippen MR) is 38.5 cm³/mol. The monoisotopic (exact) mass is 138 g/mol. The fourth-order valence-electron chi connectivity index (χ4n) is 2.87. The van der Waals surface area contributed by atoms with Gasteiger partial charge in [0.05, 0.1) is 5.60 Å². The van der Waals surface area contributed by atoms with E-state index in [4.69, 9.17) is 0 Å². The van der Waals surface area contributed by atoms with Gasteiger partial charge >= 0.3 is 0 Å². The van der Waals surface area contributed by atoms with Crippen molar-refractivity contribution in [2.45, 2.75) is 37.7 Å². The van der Waals surface area contributed by atoms with Crippen molar-refractivity contribution < 1.29 is 5.11 Å². The first-order valence-electron chi connectivity index (χ1n) is 4.53. The maximum absolute atomic E-state index is 10.1. The molecule has 1 N–H and O–H groups in total. The highest BCUT2D eigenvalue weighted by molar-refractivity contribution is 5.12. The lowest BCUT2D eigenvalue weighted by Crippen LogP contribution is -2.31. The van der Waals surface area contributed by atoms with E-state index < -0.39 is 0 Å². The van der Waals surface area contributed by atoms with Crippen LogP contribution >= 0.6 is 0 Å². The van der Waals surface area contributed by atoms with Gasteiger partial charge in [-0.25, -0.2) is 0 Å². The third-order valence-corrected chi connectivity index (χ3v) is 3.76. The molecule has 56 valence electrons. The number of rotatable bonds is 1. The first-order valence-corrected chi connectivity index (χ1v) is 4.53. The molecule has 0 aromatic heterocycles. The minimum absolute atomic E-state index is 0.162. The molecule has 3 unspecified atom stereocenters. The molecule has 3 fully saturated rings. The lowest BCUT2D eigenvalue weighted by Gasteiger charge is -2.23. The van der Waals surface area contributed by atoms with Gasteiger partial charge in [0.25, 0.3) is 0 Å². The van der Waals surface area contributed by atoms with E-state index in [0.29, 0.717) is 5.92 Å². The van der Waals surface area contributed by atoms with Crippen LogP contribution in [-0.2, 0) is 0 Å². The normalized spacial score (nSPS) is 58.5. The second-order valence-corrected chi connectivity index (χ2v) is 4.41. The predicted octanol–water partition coefficient (Wildman–Crippen LogP) is 1.56. The Morgan fingerprint density at radius 2 is 2.00 bits per heavy atom. The molecule has 0 radical (unpaired) electrons. The average Bonchev–Trinajstić information content (AvgIpc) is 2.81. The molecule has 3 rings (SSSR count). The summed E-state index contributed by atoms with van der Waals surface area (Å²) >= 11 is 0. The highest BCUT2D eigenvalue weighted by Gasteiger charge is 2.62. The molecule has 3 aliphatic carbocycles. The van der Waals surface area contributed by atoms with Gasteiger partial charge in [-0.2, -0.15) is 0 Å². The van der Waals surface area contributed by atoms with E-state index in [1.54, 1.807) is 0 Å². The van der Waals surface area contributed by atoms with E-state index in [9.17, 15) is 5.11 Å². The third kappa shape index (κ3) is 0.531. The minimum Gasteiger partial charge on any atom is -0.389 e. The molecule has 0 heterocycles. The summed E-state index contributed by atoms with van der Waals surface area (Å²) in [5.41, 5.74) is -0.162. The standard InChI is InChI=1S/C9H14O/c10-9(7-1-2-7)4-3-6-5-8(6)9/h6-8,10H,1-5H2. The van der Waals surface area contributed by atoms with Crippen LogP contribution in [0.1, 0.15) is 32.1 Å². The molecule has 0 bridgehead atoms. The van der Waals surface area contributed by atoms with Gasteiger partial charge in [-0.3, -0.25) is 0 Å². The summed E-state index contributed by atoms with van der Waals surface area (Å²) in [6.07, 6.45) is 6.39. The van der Waals surface area contributed by atoms with E-state index in [-0.39, 0.29) is 5.60 Å². The summed E-state index contributed by atoms with van der Waals surface area (Å²) < 4.78 is 0. The SMILES string of the molecule is OC1(C2CC2)CCC2CC21. The van der Waals surface area contributed by atoms with Crippen LogP contribution in [-0.4, -0.2) is 10.7 Å². The van der Waals surface area contributed by atoms with Crippen LogP contribution in [0.3, 0.4) is 0 Å². The van der Waals surface area contributed by atoms with Crippen molar-refractivity contribution in [3.05, 3.63) is 0 Å². The lowest BCUT2D eigenvalue weighted by atomic mass is 9.92. The molecule has 1 nitrogen and oxygen atoms in total. The molecule has 3 atom stereocenters. The smallest absolute Gasteiger partial charge is 0.0706 e.